The molecule has 0 atom stereocenters. The highest BCUT2D eigenvalue weighted by Gasteiger charge is 2.31. The Labute approximate surface area is 203 Å². The number of thiophene rings is 1. The number of piperazine rings is 1. The fraction of sp³-hybridized carbons (Fsp3) is 0.280. The molecule has 0 spiro atoms. The van der Waals surface area contributed by atoms with Gasteiger partial charge in [-0.3, -0.25) is 9.59 Å². The summed E-state index contributed by atoms with van der Waals surface area (Å²) < 4.78 is 27.7. The molecule has 2 aromatic carbocycles. The predicted octanol–water partition coefficient (Wildman–Crippen LogP) is 3.64. The molecule has 2 aliphatic rings. The van der Waals surface area contributed by atoms with Crippen LogP contribution in [-0.2, 0) is 22.9 Å². The first-order chi connectivity index (χ1) is 16.4. The number of amides is 2. The number of carbonyl (C=O) groups is 2. The van der Waals surface area contributed by atoms with Crippen molar-refractivity contribution in [2.24, 2.45) is 0 Å². The summed E-state index contributed by atoms with van der Waals surface area (Å²) in [6.45, 7) is 1.19. The van der Waals surface area contributed by atoms with Gasteiger partial charge in [0.05, 0.1) is 9.77 Å². The molecule has 1 aliphatic heterocycles. The van der Waals surface area contributed by atoms with Gasteiger partial charge in [0.15, 0.2) is 0 Å². The van der Waals surface area contributed by atoms with Crippen LogP contribution in [0.25, 0.3) is 0 Å². The average Bonchev–Trinajstić information content (AvgIpc) is 3.56. The Kier molecular flexibility index (Phi) is 6.24. The van der Waals surface area contributed by atoms with Crippen LogP contribution in [0, 0.1) is 0 Å². The number of nitrogens with one attached hydrogen (secondary N) is 1. The molecule has 0 unspecified atom stereocenters. The number of fused-ring (bicyclic) bond motifs is 1. The molecule has 5 rings (SSSR count). The van der Waals surface area contributed by atoms with Crippen molar-refractivity contribution in [2.45, 2.75) is 24.2 Å². The van der Waals surface area contributed by atoms with E-state index in [2.05, 4.69) is 5.32 Å². The number of hydrogen-bond acceptors (Lipinski definition) is 5. The molecule has 1 aliphatic carbocycles. The van der Waals surface area contributed by atoms with Gasteiger partial charge in [0.25, 0.3) is 11.8 Å². The number of rotatable bonds is 5. The van der Waals surface area contributed by atoms with Crippen LogP contribution in [0.15, 0.2) is 64.9 Å². The monoisotopic (exact) mass is 495 g/mol. The van der Waals surface area contributed by atoms with Crippen molar-refractivity contribution >= 4 is 38.9 Å². The van der Waals surface area contributed by atoms with Crippen molar-refractivity contribution in [3.05, 3.63) is 81.5 Å². The molecule has 34 heavy (non-hydrogen) atoms. The third-order valence-corrected chi connectivity index (χ3v) is 9.13. The van der Waals surface area contributed by atoms with Gasteiger partial charge in [0.2, 0.25) is 10.0 Å². The van der Waals surface area contributed by atoms with Crippen molar-refractivity contribution in [2.75, 3.05) is 31.5 Å². The summed E-state index contributed by atoms with van der Waals surface area (Å²) in [5, 5.41) is 4.66. The lowest BCUT2D eigenvalue weighted by Gasteiger charge is -2.34. The highest BCUT2D eigenvalue weighted by molar-refractivity contribution is 7.89. The van der Waals surface area contributed by atoms with Gasteiger partial charge in [-0.05, 0) is 78.2 Å². The molecular weight excluding hydrogens is 470 g/mol. The number of sulfonamides is 1. The minimum absolute atomic E-state index is 0.147. The highest BCUT2D eigenvalue weighted by atomic mass is 32.2. The third-order valence-electron chi connectivity index (χ3n) is 6.37. The largest absolute Gasteiger partial charge is 0.336 e. The van der Waals surface area contributed by atoms with Gasteiger partial charge in [-0.15, -0.1) is 11.3 Å². The van der Waals surface area contributed by atoms with Crippen LogP contribution < -0.4 is 5.32 Å². The smallest absolute Gasteiger partial charge is 0.265 e. The molecule has 0 radical (unpaired) electrons. The lowest BCUT2D eigenvalue weighted by atomic mass is 10.1. The summed E-state index contributed by atoms with van der Waals surface area (Å²) in [6, 6.07) is 15.8. The van der Waals surface area contributed by atoms with Crippen molar-refractivity contribution in [1.29, 1.82) is 0 Å². The first kappa shape index (κ1) is 22.8. The molecule has 2 amide bonds. The molecule has 1 fully saturated rings. The van der Waals surface area contributed by atoms with Crippen LogP contribution in [0.5, 0.6) is 0 Å². The van der Waals surface area contributed by atoms with E-state index in [-0.39, 0.29) is 24.9 Å². The Morgan fingerprint density at radius 2 is 1.62 bits per heavy atom. The van der Waals surface area contributed by atoms with Crippen LogP contribution in [0.1, 0.15) is 37.6 Å². The van der Waals surface area contributed by atoms with E-state index in [4.69, 9.17) is 0 Å². The first-order valence-electron chi connectivity index (χ1n) is 11.3. The Hall–Kier alpha value is -3.01. The van der Waals surface area contributed by atoms with Gasteiger partial charge >= 0.3 is 0 Å². The summed E-state index contributed by atoms with van der Waals surface area (Å²) in [6.07, 6.45) is 3.01. The summed E-state index contributed by atoms with van der Waals surface area (Å²) >= 11 is 1.36. The fourth-order valence-electron chi connectivity index (χ4n) is 4.47. The minimum Gasteiger partial charge on any atom is -0.336 e. The van der Waals surface area contributed by atoms with Crippen LogP contribution in [-0.4, -0.2) is 55.6 Å². The van der Waals surface area contributed by atoms with Crippen LogP contribution in [0.2, 0.25) is 0 Å². The third kappa shape index (κ3) is 4.51. The lowest BCUT2D eigenvalue weighted by Crippen LogP contribution is -2.50. The van der Waals surface area contributed by atoms with Gasteiger partial charge < -0.3 is 10.2 Å². The summed E-state index contributed by atoms with van der Waals surface area (Å²) in [5.41, 5.74) is 3.49. The van der Waals surface area contributed by atoms with Crippen LogP contribution >= 0.6 is 11.3 Å². The second kappa shape index (κ2) is 9.32. The number of carbonyl (C=O) groups excluding carboxylic acids is 2. The van der Waals surface area contributed by atoms with E-state index in [0.717, 1.165) is 24.8 Å². The summed E-state index contributed by atoms with van der Waals surface area (Å²) in [4.78, 5) is 27.8. The molecule has 7 nitrogen and oxygen atoms in total. The first-order valence-corrected chi connectivity index (χ1v) is 13.6. The van der Waals surface area contributed by atoms with E-state index < -0.39 is 10.0 Å². The van der Waals surface area contributed by atoms with E-state index in [1.165, 1.54) is 21.2 Å². The molecule has 0 saturated carbocycles. The zero-order valence-corrected chi connectivity index (χ0v) is 20.2. The van der Waals surface area contributed by atoms with Crippen LogP contribution in [0.3, 0.4) is 0 Å². The summed E-state index contributed by atoms with van der Waals surface area (Å²) in [5.74, 6) is -0.333. The molecule has 1 N–H and O–H groups in total. The number of aryl methyl sites for hydroxylation is 2. The minimum atomic E-state index is -3.58. The number of hydrogen-bond donors (Lipinski definition) is 1. The maximum Gasteiger partial charge on any atom is 0.265 e. The Bertz CT molecular complexity index is 1310. The highest BCUT2D eigenvalue weighted by Crippen LogP contribution is 2.27. The molecule has 1 aromatic heterocycles. The van der Waals surface area contributed by atoms with Gasteiger partial charge in [-0.2, -0.15) is 4.31 Å². The van der Waals surface area contributed by atoms with Gasteiger partial charge in [-0.1, -0.05) is 12.1 Å². The SMILES string of the molecule is O=C(Nc1ccc(C(=O)N2CCN(S(=O)(=O)c3ccc4c(c3)CCC4)CC2)cc1)c1cccs1. The van der Waals surface area contributed by atoms with Crippen molar-refractivity contribution in [1.82, 2.24) is 9.21 Å². The second-order valence-corrected chi connectivity index (χ2v) is 11.4. The topological polar surface area (TPSA) is 86.8 Å². The van der Waals surface area contributed by atoms with Crippen molar-refractivity contribution in [3.8, 4) is 0 Å². The molecule has 9 heteroatoms. The second-order valence-electron chi connectivity index (χ2n) is 8.49. The van der Waals surface area contributed by atoms with E-state index in [9.17, 15) is 18.0 Å². The van der Waals surface area contributed by atoms with E-state index >= 15 is 0 Å². The molecule has 0 bridgehead atoms. The van der Waals surface area contributed by atoms with Crippen LogP contribution in [0.4, 0.5) is 5.69 Å². The Morgan fingerprint density at radius 1 is 0.882 bits per heavy atom. The molecule has 2 heterocycles. The van der Waals surface area contributed by atoms with E-state index in [1.807, 2.05) is 23.6 Å². The van der Waals surface area contributed by atoms with Gasteiger partial charge in [-0.25, -0.2) is 8.42 Å². The molecular formula is C25H25N3O4S2. The molecule has 176 valence electrons. The molecule has 3 aromatic rings. The average molecular weight is 496 g/mol. The quantitative estimate of drug-likeness (QED) is 0.586. The van der Waals surface area contributed by atoms with E-state index in [0.29, 0.717) is 34.1 Å². The zero-order chi connectivity index (χ0) is 23.7. The number of benzene rings is 2. The molecule has 1 saturated heterocycles. The maximum absolute atomic E-state index is 13.1. The number of nitrogens with zero attached hydrogens (tertiary/aromatic N) is 2. The fourth-order valence-corrected chi connectivity index (χ4v) is 6.56. The predicted molar refractivity (Wildman–Crippen MR) is 132 cm³/mol. The van der Waals surface area contributed by atoms with Crippen molar-refractivity contribution < 1.29 is 18.0 Å². The lowest BCUT2D eigenvalue weighted by molar-refractivity contribution is 0.0698. The summed E-state index contributed by atoms with van der Waals surface area (Å²) in [7, 11) is -3.58. The Balaban J connectivity index is 1.20. The number of anilines is 1. The van der Waals surface area contributed by atoms with Crippen molar-refractivity contribution in [3.63, 3.8) is 0 Å². The van der Waals surface area contributed by atoms with E-state index in [1.54, 1.807) is 41.3 Å². The normalized spacial score (nSPS) is 16.3. The zero-order valence-electron chi connectivity index (χ0n) is 18.6. The standard InChI is InChI=1S/C25H25N3O4S2/c29-24(23-5-2-16-33-23)26-21-9-6-19(7-10-21)25(30)27-12-14-28(15-13-27)34(31,32)22-11-8-18-3-1-4-20(18)17-22/h2,5-11,16-17H,1,3-4,12-15H2,(H,26,29). The Morgan fingerprint density at radius 3 is 2.32 bits per heavy atom. The maximum atomic E-state index is 13.1. The van der Waals surface area contributed by atoms with Gasteiger partial charge in [0.1, 0.15) is 0 Å². The van der Waals surface area contributed by atoms with Gasteiger partial charge in [0, 0.05) is 37.4 Å².